The quantitative estimate of drug-likeness (QED) is 0.609. The van der Waals surface area contributed by atoms with E-state index in [4.69, 9.17) is 12.2 Å². The van der Waals surface area contributed by atoms with Gasteiger partial charge in [-0.2, -0.15) is 0 Å². The number of nitrogens with zero attached hydrogens (tertiary/aromatic N) is 2. The number of esters is 1. The van der Waals surface area contributed by atoms with Crippen LogP contribution in [0.25, 0.3) is 0 Å². The van der Waals surface area contributed by atoms with Gasteiger partial charge in [-0.05, 0) is 29.9 Å². The molecule has 7 heteroatoms. The van der Waals surface area contributed by atoms with E-state index in [-0.39, 0.29) is 23.3 Å². The zero-order chi connectivity index (χ0) is 15.1. The maximum Gasteiger partial charge on any atom is 0.337 e. The molecule has 0 saturated carbocycles. The van der Waals surface area contributed by atoms with Crippen LogP contribution in [0.5, 0.6) is 0 Å². The zero-order valence-corrected chi connectivity index (χ0v) is 13.2. The van der Waals surface area contributed by atoms with Gasteiger partial charge in [0.05, 0.1) is 12.7 Å². The molecule has 5 nitrogen and oxygen atoms in total. The lowest BCUT2D eigenvalue weighted by Crippen LogP contribution is -2.32. The molecule has 110 valence electrons. The fourth-order valence-electron chi connectivity index (χ4n) is 2.58. The Morgan fingerprint density at radius 1 is 1.38 bits per heavy atom. The molecule has 2 fully saturated rings. The number of methoxy groups -OCH3 is 1. The lowest BCUT2D eigenvalue weighted by atomic mass is 10.1. The van der Waals surface area contributed by atoms with Crippen LogP contribution in [-0.4, -0.2) is 52.7 Å². The van der Waals surface area contributed by atoms with E-state index in [9.17, 15) is 9.59 Å². The van der Waals surface area contributed by atoms with E-state index in [1.165, 1.54) is 12.0 Å². The van der Waals surface area contributed by atoms with Crippen LogP contribution in [0.2, 0.25) is 0 Å². The summed E-state index contributed by atoms with van der Waals surface area (Å²) in [6.45, 7) is 0. The highest BCUT2D eigenvalue weighted by atomic mass is 32.2. The molecule has 0 aromatic heterocycles. The van der Waals surface area contributed by atoms with Gasteiger partial charge in [0.25, 0.3) is 5.91 Å². The molecule has 0 N–H and O–H groups in total. The number of thioether (sulfide) groups is 1. The standard InChI is InChI=1S/C14H14N2O3S2/c1-15-11(17)10-7-21-12(16(10)14(15)20)8-3-5-9(6-4-8)13(18)19-2/h3-6,10,12H,7H2,1-2H3/t10-,12+/m1/s1. The Hall–Kier alpha value is -1.60. The Labute approximate surface area is 132 Å². The Balaban J connectivity index is 1.86. The van der Waals surface area contributed by atoms with Gasteiger partial charge in [0.1, 0.15) is 11.4 Å². The highest BCUT2D eigenvalue weighted by Gasteiger charge is 2.48. The summed E-state index contributed by atoms with van der Waals surface area (Å²) in [6, 6.07) is 7.08. The first-order valence-corrected chi connectivity index (χ1v) is 7.90. The predicted octanol–water partition coefficient (Wildman–Crippen LogP) is 1.65. The number of hydrogen-bond acceptors (Lipinski definition) is 5. The highest BCUT2D eigenvalue weighted by molar-refractivity contribution is 7.99. The molecule has 1 aromatic carbocycles. The predicted molar refractivity (Wildman–Crippen MR) is 84.0 cm³/mol. The van der Waals surface area contributed by atoms with Gasteiger partial charge in [-0.15, -0.1) is 11.8 Å². The van der Waals surface area contributed by atoms with Crippen molar-refractivity contribution in [1.29, 1.82) is 0 Å². The largest absolute Gasteiger partial charge is 0.465 e. The molecule has 2 aliphatic rings. The Bertz CT molecular complexity index is 617. The number of amides is 1. The Morgan fingerprint density at radius 2 is 2.05 bits per heavy atom. The van der Waals surface area contributed by atoms with Crippen LogP contribution in [0.15, 0.2) is 24.3 Å². The van der Waals surface area contributed by atoms with Crippen molar-refractivity contribution in [3.05, 3.63) is 35.4 Å². The van der Waals surface area contributed by atoms with Gasteiger partial charge in [-0.25, -0.2) is 4.79 Å². The zero-order valence-electron chi connectivity index (χ0n) is 11.6. The average Bonchev–Trinajstić information content (AvgIpc) is 3.04. The van der Waals surface area contributed by atoms with Crippen LogP contribution >= 0.6 is 24.0 Å². The van der Waals surface area contributed by atoms with Crippen LogP contribution in [0, 0.1) is 0 Å². The summed E-state index contributed by atoms with van der Waals surface area (Å²) < 4.78 is 4.69. The van der Waals surface area contributed by atoms with Gasteiger partial charge >= 0.3 is 5.97 Å². The second-order valence-corrected chi connectivity index (χ2v) is 6.38. The van der Waals surface area contributed by atoms with E-state index < -0.39 is 0 Å². The molecule has 0 unspecified atom stereocenters. The molecule has 0 spiro atoms. The van der Waals surface area contributed by atoms with E-state index in [0.29, 0.717) is 10.7 Å². The van der Waals surface area contributed by atoms with Crippen LogP contribution in [-0.2, 0) is 9.53 Å². The fourth-order valence-corrected chi connectivity index (χ4v) is 4.39. The number of hydrogen-bond donors (Lipinski definition) is 0. The summed E-state index contributed by atoms with van der Waals surface area (Å²) in [4.78, 5) is 27.1. The third kappa shape index (κ3) is 2.20. The molecule has 2 saturated heterocycles. The first kappa shape index (κ1) is 14.3. The van der Waals surface area contributed by atoms with Crippen molar-refractivity contribution in [2.45, 2.75) is 11.4 Å². The summed E-state index contributed by atoms with van der Waals surface area (Å²) in [5, 5.41) is 0.583. The molecular formula is C14H14N2O3S2. The first-order chi connectivity index (χ1) is 10.0. The monoisotopic (exact) mass is 322 g/mol. The number of thiocarbonyl (C=S) groups is 1. The van der Waals surface area contributed by atoms with Gasteiger partial charge < -0.3 is 9.64 Å². The third-order valence-electron chi connectivity index (χ3n) is 3.74. The molecular weight excluding hydrogens is 308 g/mol. The molecule has 2 atom stereocenters. The summed E-state index contributed by atoms with van der Waals surface area (Å²) >= 11 is 7.06. The fraction of sp³-hybridized carbons (Fsp3) is 0.357. The Morgan fingerprint density at radius 3 is 2.67 bits per heavy atom. The minimum absolute atomic E-state index is 0.0168. The van der Waals surface area contributed by atoms with Gasteiger partial charge in [-0.1, -0.05) is 12.1 Å². The van der Waals surface area contributed by atoms with E-state index in [1.54, 1.807) is 30.9 Å². The minimum Gasteiger partial charge on any atom is -0.465 e. The maximum absolute atomic E-state index is 12.1. The molecule has 2 aliphatic heterocycles. The molecule has 3 rings (SSSR count). The van der Waals surface area contributed by atoms with Gasteiger partial charge in [0, 0.05) is 12.8 Å². The van der Waals surface area contributed by atoms with Crippen molar-refractivity contribution >= 4 is 41.0 Å². The average molecular weight is 322 g/mol. The number of rotatable bonds is 2. The number of likely N-dealkylation sites (N-methyl/N-ethyl adjacent to an activating group) is 1. The molecule has 2 heterocycles. The molecule has 0 bridgehead atoms. The van der Waals surface area contributed by atoms with E-state index >= 15 is 0 Å². The van der Waals surface area contributed by atoms with Gasteiger partial charge in [0.15, 0.2) is 5.11 Å². The lowest BCUT2D eigenvalue weighted by Gasteiger charge is -2.24. The lowest BCUT2D eigenvalue weighted by molar-refractivity contribution is -0.126. The minimum atomic E-state index is -0.356. The SMILES string of the molecule is COC(=O)c1ccc([C@@H]2SC[C@@H]3C(=O)N(C)C(=S)N32)cc1. The van der Waals surface area contributed by atoms with Crippen molar-refractivity contribution in [3.8, 4) is 0 Å². The number of ether oxygens (including phenoxy) is 1. The third-order valence-corrected chi connectivity index (χ3v) is 5.55. The van der Waals surface area contributed by atoms with Crippen molar-refractivity contribution in [1.82, 2.24) is 9.80 Å². The van der Waals surface area contributed by atoms with Crippen LogP contribution in [0.1, 0.15) is 21.3 Å². The highest BCUT2D eigenvalue weighted by Crippen LogP contribution is 2.44. The first-order valence-electron chi connectivity index (χ1n) is 6.44. The van der Waals surface area contributed by atoms with E-state index in [1.807, 2.05) is 17.0 Å². The van der Waals surface area contributed by atoms with Crippen molar-refractivity contribution in [3.63, 3.8) is 0 Å². The van der Waals surface area contributed by atoms with Crippen molar-refractivity contribution < 1.29 is 14.3 Å². The van der Waals surface area contributed by atoms with Gasteiger partial charge in [-0.3, -0.25) is 9.69 Å². The second-order valence-electron chi connectivity index (χ2n) is 4.90. The number of carbonyl (C=O) groups excluding carboxylic acids is 2. The smallest absolute Gasteiger partial charge is 0.337 e. The van der Waals surface area contributed by atoms with E-state index in [2.05, 4.69) is 4.74 Å². The van der Waals surface area contributed by atoms with E-state index in [0.717, 1.165) is 11.3 Å². The summed E-state index contributed by atoms with van der Waals surface area (Å²) in [7, 11) is 3.07. The topological polar surface area (TPSA) is 49.9 Å². The van der Waals surface area contributed by atoms with Crippen LogP contribution in [0.3, 0.4) is 0 Å². The number of benzene rings is 1. The number of fused-ring (bicyclic) bond motifs is 1. The molecule has 1 amide bonds. The van der Waals surface area contributed by atoms with Gasteiger partial charge in [0.2, 0.25) is 0 Å². The maximum atomic E-state index is 12.1. The summed E-state index contributed by atoms with van der Waals surface area (Å²) in [5.74, 6) is 0.429. The molecule has 0 radical (unpaired) electrons. The summed E-state index contributed by atoms with van der Waals surface area (Å²) in [5.41, 5.74) is 1.54. The normalized spacial score (nSPS) is 24.5. The second kappa shape index (κ2) is 5.31. The number of carbonyl (C=O) groups is 2. The summed E-state index contributed by atoms with van der Waals surface area (Å²) in [6.07, 6.45) is 0. The van der Waals surface area contributed by atoms with Crippen LogP contribution in [0.4, 0.5) is 0 Å². The molecule has 1 aromatic rings. The molecule has 21 heavy (non-hydrogen) atoms. The van der Waals surface area contributed by atoms with Crippen molar-refractivity contribution in [2.24, 2.45) is 0 Å². The van der Waals surface area contributed by atoms with Crippen LogP contribution < -0.4 is 0 Å². The van der Waals surface area contributed by atoms with Crippen molar-refractivity contribution in [2.75, 3.05) is 19.9 Å². The Kier molecular flexibility index (Phi) is 3.62. The molecule has 0 aliphatic carbocycles.